The SMILES string of the molecule is CNC(C)c1c(N)ncnc1NC[C@@H](C)CO. The largest absolute Gasteiger partial charge is 0.396 e. The summed E-state index contributed by atoms with van der Waals surface area (Å²) in [6.07, 6.45) is 1.44. The molecule has 6 heteroatoms. The van der Waals surface area contributed by atoms with Crippen molar-refractivity contribution >= 4 is 11.6 Å². The summed E-state index contributed by atoms with van der Waals surface area (Å²) in [6.45, 7) is 4.75. The van der Waals surface area contributed by atoms with Crippen LogP contribution in [0.5, 0.6) is 0 Å². The Kier molecular flexibility index (Phi) is 5.11. The second-order valence-corrected chi connectivity index (χ2v) is 4.20. The van der Waals surface area contributed by atoms with Crippen molar-refractivity contribution < 1.29 is 5.11 Å². The fourth-order valence-electron chi connectivity index (χ4n) is 1.46. The van der Waals surface area contributed by atoms with Crippen molar-refractivity contribution in [1.29, 1.82) is 0 Å². The van der Waals surface area contributed by atoms with Gasteiger partial charge in [-0.2, -0.15) is 0 Å². The van der Waals surface area contributed by atoms with Crippen LogP contribution in [0.15, 0.2) is 6.33 Å². The van der Waals surface area contributed by atoms with Crippen LogP contribution in [0.25, 0.3) is 0 Å². The first-order valence-electron chi connectivity index (χ1n) is 5.72. The van der Waals surface area contributed by atoms with E-state index in [4.69, 9.17) is 10.8 Å². The molecule has 1 rings (SSSR count). The summed E-state index contributed by atoms with van der Waals surface area (Å²) in [5, 5.41) is 15.3. The molecule has 0 aromatic carbocycles. The summed E-state index contributed by atoms with van der Waals surface area (Å²) < 4.78 is 0. The maximum Gasteiger partial charge on any atom is 0.136 e. The number of rotatable bonds is 6. The van der Waals surface area contributed by atoms with E-state index >= 15 is 0 Å². The molecule has 0 amide bonds. The number of nitrogens with two attached hydrogens (primary N) is 1. The fraction of sp³-hybridized carbons (Fsp3) is 0.636. The van der Waals surface area contributed by atoms with Gasteiger partial charge in [0.25, 0.3) is 0 Å². The quantitative estimate of drug-likeness (QED) is 0.573. The standard InChI is InChI=1S/C11H21N5O/c1-7(5-17)4-14-11-9(8(2)13-3)10(12)15-6-16-11/h6-8,13,17H,4-5H2,1-3H3,(H3,12,14,15,16)/t7-,8?/m1/s1. The molecule has 0 aliphatic heterocycles. The number of nitrogens with one attached hydrogen (secondary N) is 2. The molecule has 0 saturated heterocycles. The zero-order valence-corrected chi connectivity index (χ0v) is 10.6. The van der Waals surface area contributed by atoms with Crippen LogP contribution in [0.4, 0.5) is 11.6 Å². The van der Waals surface area contributed by atoms with Gasteiger partial charge in [-0.1, -0.05) is 6.92 Å². The highest BCUT2D eigenvalue weighted by Crippen LogP contribution is 2.24. The number of anilines is 2. The summed E-state index contributed by atoms with van der Waals surface area (Å²) >= 11 is 0. The summed E-state index contributed by atoms with van der Waals surface area (Å²) in [6, 6.07) is 0.0723. The lowest BCUT2D eigenvalue weighted by molar-refractivity contribution is 0.244. The topological polar surface area (TPSA) is 96.1 Å². The smallest absolute Gasteiger partial charge is 0.136 e. The molecule has 17 heavy (non-hydrogen) atoms. The van der Waals surface area contributed by atoms with E-state index in [2.05, 4.69) is 20.6 Å². The van der Waals surface area contributed by atoms with E-state index in [0.717, 1.165) is 11.4 Å². The molecule has 1 aromatic rings. The average Bonchev–Trinajstić information content (AvgIpc) is 2.35. The highest BCUT2D eigenvalue weighted by molar-refractivity contribution is 5.56. The van der Waals surface area contributed by atoms with Crippen LogP contribution in [0.1, 0.15) is 25.5 Å². The van der Waals surface area contributed by atoms with Crippen molar-refractivity contribution in [1.82, 2.24) is 15.3 Å². The number of nitrogens with zero attached hydrogens (tertiary/aromatic N) is 2. The number of aliphatic hydroxyl groups is 1. The average molecular weight is 239 g/mol. The highest BCUT2D eigenvalue weighted by Gasteiger charge is 2.15. The Hall–Kier alpha value is -1.40. The molecule has 2 atom stereocenters. The highest BCUT2D eigenvalue weighted by atomic mass is 16.3. The molecule has 1 heterocycles. The van der Waals surface area contributed by atoms with Crippen molar-refractivity contribution in [2.45, 2.75) is 19.9 Å². The van der Waals surface area contributed by atoms with Crippen molar-refractivity contribution in [2.75, 3.05) is 31.2 Å². The number of hydrogen-bond donors (Lipinski definition) is 4. The Labute approximate surface area is 102 Å². The normalized spacial score (nSPS) is 14.4. The van der Waals surface area contributed by atoms with Gasteiger partial charge in [0.1, 0.15) is 18.0 Å². The van der Waals surface area contributed by atoms with Gasteiger partial charge in [0, 0.05) is 19.2 Å². The maximum atomic E-state index is 8.98. The molecular weight excluding hydrogens is 218 g/mol. The molecule has 0 spiro atoms. The Morgan fingerprint density at radius 2 is 2.12 bits per heavy atom. The van der Waals surface area contributed by atoms with Crippen molar-refractivity contribution in [2.24, 2.45) is 5.92 Å². The van der Waals surface area contributed by atoms with Gasteiger partial charge in [0.2, 0.25) is 0 Å². The molecule has 0 fully saturated rings. The first kappa shape index (κ1) is 13.7. The molecule has 6 nitrogen and oxygen atoms in total. The van der Waals surface area contributed by atoms with Gasteiger partial charge < -0.3 is 21.5 Å². The van der Waals surface area contributed by atoms with E-state index in [1.165, 1.54) is 6.33 Å². The lowest BCUT2D eigenvalue weighted by Crippen LogP contribution is -2.21. The Bertz CT molecular complexity index is 358. The second-order valence-electron chi connectivity index (χ2n) is 4.20. The van der Waals surface area contributed by atoms with E-state index < -0.39 is 0 Å². The van der Waals surface area contributed by atoms with E-state index in [1.807, 2.05) is 20.9 Å². The zero-order valence-electron chi connectivity index (χ0n) is 10.6. The van der Waals surface area contributed by atoms with Crippen LogP contribution in [0.3, 0.4) is 0 Å². The molecular formula is C11H21N5O. The lowest BCUT2D eigenvalue weighted by Gasteiger charge is -2.18. The minimum atomic E-state index is 0.0723. The summed E-state index contributed by atoms with van der Waals surface area (Å²) in [5.41, 5.74) is 6.72. The van der Waals surface area contributed by atoms with Crippen LogP contribution < -0.4 is 16.4 Å². The molecule has 0 saturated carbocycles. The Morgan fingerprint density at radius 3 is 2.71 bits per heavy atom. The van der Waals surface area contributed by atoms with Gasteiger partial charge >= 0.3 is 0 Å². The van der Waals surface area contributed by atoms with Crippen LogP contribution in [0.2, 0.25) is 0 Å². The summed E-state index contributed by atoms with van der Waals surface area (Å²) in [7, 11) is 1.86. The predicted octanol–water partition coefficient (Wildman–Crippen LogP) is 0.379. The molecule has 1 unspecified atom stereocenters. The third kappa shape index (κ3) is 3.54. The van der Waals surface area contributed by atoms with Gasteiger partial charge in [-0.15, -0.1) is 0 Å². The summed E-state index contributed by atoms with van der Waals surface area (Å²) in [5.74, 6) is 1.37. The van der Waals surface area contributed by atoms with Gasteiger partial charge in [-0.3, -0.25) is 0 Å². The minimum Gasteiger partial charge on any atom is -0.396 e. The monoisotopic (exact) mass is 239 g/mol. The lowest BCUT2D eigenvalue weighted by atomic mass is 10.1. The van der Waals surface area contributed by atoms with Crippen LogP contribution in [-0.2, 0) is 0 Å². The first-order valence-corrected chi connectivity index (χ1v) is 5.72. The van der Waals surface area contributed by atoms with E-state index in [1.54, 1.807) is 0 Å². The van der Waals surface area contributed by atoms with Crippen LogP contribution >= 0.6 is 0 Å². The first-order chi connectivity index (χ1) is 8.10. The van der Waals surface area contributed by atoms with Gasteiger partial charge in [0.15, 0.2) is 0 Å². The maximum absolute atomic E-state index is 8.98. The van der Waals surface area contributed by atoms with E-state index in [-0.39, 0.29) is 18.6 Å². The Balaban J connectivity index is 2.87. The predicted molar refractivity (Wildman–Crippen MR) is 68.7 cm³/mol. The van der Waals surface area contributed by atoms with Crippen LogP contribution in [-0.4, -0.2) is 35.3 Å². The van der Waals surface area contributed by atoms with Crippen molar-refractivity contribution in [3.63, 3.8) is 0 Å². The van der Waals surface area contributed by atoms with Gasteiger partial charge in [-0.05, 0) is 19.9 Å². The van der Waals surface area contributed by atoms with Gasteiger partial charge in [0.05, 0.1) is 5.56 Å². The number of aromatic nitrogens is 2. The zero-order chi connectivity index (χ0) is 12.8. The number of nitrogen functional groups attached to an aromatic ring is 1. The van der Waals surface area contributed by atoms with Crippen molar-refractivity contribution in [3.05, 3.63) is 11.9 Å². The minimum absolute atomic E-state index is 0.0723. The third-order valence-electron chi connectivity index (χ3n) is 2.71. The van der Waals surface area contributed by atoms with Gasteiger partial charge in [-0.25, -0.2) is 9.97 Å². The molecule has 0 aliphatic rings. The van der Waals surface area contributed by atoms with Crippen molar-refractivity contribution in [3.8, 4) is 0 Å². The molecule has 0 radical (unpaired) electrons. The Morgan fingerprint density at radius 1 is 1.41 bits per heavy atom. The molecule has 0 bridgehead atoms. The summed E-state index contributed by atoms with van der Waals surface area (Å²) in [4.78, 5) is 8.18. The number of aliphatic hydroxyl groups excluding tert-OH is 1. The molecule has 96 valence electrons. The van der Waals surface area contributed by atoms with E-state index in [9.17, 15) is 0 Å². The fourth-order valence-corrected chi connectivity index (χ4v) is 1.46. The van der Waals surface area contributed by atoms with Crippen LogP contribution in [0, 0.1) is 5.92 Å². The molecule has 5 N–H and O–H groups in total. The molecule has 1 aromatic heterocycles. The number of hydrogen-bond acceptors (Lipinski definition) is 6. The second kappa shape index (κ2) is 6.36. The van der Waals surface area contributed by atoms with E-state index in [0.29, 0.717) is 12.4 Å². The molecule has 0 aliphatic carbocycles. The third-order valence-corrected chi connectivity index (χ3v) is 2.71.